The monoisotopic (exact) mass is 296 g/mol. The summed E-state index contributed by atoms with van der Waals surface area (Å²) in [6.07, 6.45) is 2.84. The van der Waals surface area contributed by atoms with E-state index < -0.39 is 5.97 Å². The number of para-hydroxylation sites is 2. The van der Waals surface area contributed by atoms with Crippen molar-refractivity contribution in [3.05, 3.63) is 66.2 Å². The lowest BCUT2D eigenvalue weighted by Gasteiger charge is -2.25. The predicted molar refractivity (Wildman–Crippen MR) is 82.8 cm³/mol. The molecule has 0 saturated heterocycles. The van der Waals surface area contributed by atoms with Gasteiger partial charge in [-0.1, -0.05) is 42.5 Å². The molecule has 0 N–H and O–H groups in total. The van der Waals surface area contributed by atoms with Crippen LogP contribution in [0.4, 0.5) is 0 Å². The first-order valence-corrected chi connectivity index (χ1v) is 7.09. The molecule has 2 aromatic carbocycles. The summed E-state index contributed by atoms with van der Waals surface area (Å²) in [5, 5.41) is 0. The van der Waals surface area contributed by atoms with Crippen LogP contribution in [0.5, 0.6) is 11.5 Å². The molecule has 1 unspecified atom stereocenters. The summed E-state index contributed by atoms with van der Waals surface area (Å²) in [5.74, 6) is 0.995. The lowest BCUT2D eigenvalue weighted by Crippen LogP contribution is -2.34. The molecule has 0 fully saturated rings. The van der Waals surface area contributed by atoms with Gasteiger partial charge in [-0.15, -0.1) is 0 Å². The van der Waals surface area contributed by atoms with Crippen LogP contribution in [0.25, 0.3) is 6.08 Å². The van der Waals surface area contributed by atoms with Crippen molar-refractivity contribution in [2.75, 3.05) is 13.2 Å². The Labute approximate surface area is 128 Å². The maximum Gasteiger partial charge on any atom is 0.330 e. The zero-order valence-electron chi connectivity index (χ0n) is 12.0. The number of carbonyl (C=O) groups is 1. The van der Waals surface area contributed by atoms with Gasteiger partial charge in [-0.2, -0.15) is 0 Å². The van der Waals surface area contributed by atoms with Crippen molar-refractivity contribution in [3.63, 3.8) is 0 Å². The average molecular weight is 296 g/mol. The maximum absolute atomic E-state index is 11.7. The van der Waals surface area contributed by atoms with Crippen LogP contribution in [-0.4, -0.2) is 25.3 Å². The quantitative estimate of drug-likeness (QED) is 0.642. The van der Waals surface area contributed by atoms with E-state index in [0.29, 0.717) is 18.1 Å². The van der Waals surface area contributed by atoms with Gasteiger partial charge >= 0.3 is 5.97 Å². The number of ether oxygens (including phenoxy) is 3. The molecule has 1 atom stereocenters. The van der Waals surface area contributed by atoms with E-state index in [9.17, 15) is 4.79 Å². The molecule has 1 heterocycles. The fraction of sp³-hybridized carbons (Fsp3) is 0.167. The van der Waals surface area contributed by atoms with E-state index in [2.05, 4.69) is 0 Å². The second-order valence-corrected chi connectivity index (χ2v) is 4.87. The second kappa shape index (κ2) is 6.80. The van der Waals surface area contributed by atoms with Gasteiger partial charge in [-0.25, -0.2) is 4.79 Å². The lowest BCUT2D eigenvalue weighted by atomic mass is 10.2. The summed E-state index contributed by atoms with van der Waals surface area (Å²) in [5.41, 5.74) is 0.950. The Balaban J connectivity index is 1.49. The van der Waals surface area contributed by atoms with Gasteiger partial charge in [0.25, 0.3) is 0 Å². The van der Waals surface area contributed by atoms with Gasteiger partial charge in [-0.3, -0.25) is 0 Å². The van der Waals surface area contributed by atoms with E-state index in [1.165, 1.54) is 6.08 Å². The van der Waals surface area contributed by atoms with Crippen molar-refractivity contribution >= 4 is 12.0 Å². The molecule has 22 heavy (non-hydrogen) atoms. The highest BCUT2D eigenvalue weighted by Crippen LogP contribution is 2.30. The van der Waals surface area contributed by atoms with Gasteiger partial charge in [0.15, 0.2) is 17.6 Å². The third-order valence-corrected chi connectivity index (χ3v) is 3.19. The van der Waals surface area contributed by atoms with Crippen molar-refractivity contribution < 1.29 is 19.0 Å². The van der Waals surface area contributed by atoms with Crippen molar-refractivity contribution in [2.45, 2.75) is 6.10 Å². The molecular weight excluding hydrogens is 280 g/mol. The third kappa shape index (κ3) is 3.67. The molecule has 3 rings (SSSR count). The van der Waals surface area contributed by atoms with Crippen molar-refractivity contribution in [1.29, 1.82) is 0 Å². The SMILES string of the molecule is O=C(C=Cc1ccccc1)OCC1COc2ccccc2O1. The summed E-state index contributed by atoms with van der Waals surface area (Å²) < 4.78 is 16.5. The van der Waals surface area contributed by atoms with Gasteiger partial charge in [-0.05, 0) is 23.8 Å². The van der Waals surface area contributed by atoms with E-state index in [4.69, 9.17) is 14.2 Å². The molecule has 4 heteroatoms. The largest absolute Gasteiger partial charge is 0.486 e. The summed E-state index contributed by atoms with van der Waals surface area (Å²) in [4.78, 5) is 11.7. The van der Waals surface area contributed by atoms with Crippen LogP contribution >= 0.6 is 0 Å². The fourth-order valence-corrected chi connectivity index (χ4v) is 2.10. The van der Waals surface area contributed by atoms with Crippen LogP contribution in [0.1, 0.15) is 5.56 Å². The molecule has 0 radical (unpaired) electrons. The van der Waals surface area contributed by atoms with Crippen LogP contribution in [0.3, 0.4) is 0 Å². The van der Waals surface area contributed by atoms with Crippen LogP contribution in [0.15, 0.2) is 60.7 Å². The number of hydrogen-bond donors (Lipinski definition) is 0. The standard InChI is InChI=1S/C18H16O4/c19-18(11-10-14-6-2-1-3-7-14)21-13-15-12-20-16-8-4-5-9-17(16)22-15/h1-11,15H,12-13H2. The van der Waals surface area contributed by atoms with Gasteiger partial charge in [0, 0.05) is 6.08 Å². The molecule has 0 aromatic heterocycles. The van der Waals surface area contributed by atoms with E-state index in [-0.39, 0.29) is 12.7 Å². The molecule has 1 aliphatic rings. The first kappa shape index (κ1) is 14.2. The van der Waals surface area contributed by atoms with Crippen molar-refractivity contribution in [3.8, 4) is 11.5 Å². The molecule has 0 spiro atoms. The summed E-state index contributed by atoms with van der Waals surface area (Å²) in [6, 6.07) is 17.0. The number of hydrogen-bond acceptors (Lipinski definition) is 4. The van der Waals surface area contributed by atoms with E-state index in [1.54, 1.807) is 6.08 Å². The smallest absolute Gasteiger partial charge is 0.330 e. The minimum absolute atomic E-state index is 0.159. The molecule has 0 bridgehead atoms. The lowest BCUT2D eigenvalue weighted by molar-refractivity contribution is -0.140. The zero-order chi connectivity index (χ0) is 15.2. The van der Waals surface area contributed by atoms with Crippen LogP contribution in [0, 0.1) is 0 Å². The Kier molecular flexibility index (Phi) is 4.39. The highest BCUT2D eigenvalue weighted by Gasteiger charge is 2.21. The van der Waals surface area contributed by atoms with Gasteiger partial charge in [0.1, 0.15) is 13.2 Å². The minimum Gasteiger partial charge on any atom is -0.486 e. The highest BCUT2D eigenvalue weighted by molar-refractivity contribution is 5.87. The van der Waals surface area contributed by atoms with Crippen molar-refractivity contribution in [1.82, 2.24) is 0 Å². The number of rotatable bonds is 4. The Morgan fingerprint density at radius 3 is 2.64 bits per heavy atom. The summed E-state index contributed by atoms with van der Waals surface area (Å²) >= 11 is 0. The minimum atomic E-state index is -0.397. The Morgan fingerprint density at radius 2 is 1.82 bits per heavy atom. The predicted octanol–water partition coefficient (Wildman–Crippen LogP) is 3.08. The number of benzene rings is 2. The van der Waals surface area contributed by atoms with Crippen molar-refractivity contribution in [2.24, 2.45) is 0 Å². The maximum atomic E-state index is 11.7. The normalized spacial score (nSPS) is 16.5. The fourth-order valence-electron chi connectivity index (χ4n) is 2.10. The number of esters is 1. The van der Waals surface area contributed by atoms with Gasteiger partial charge < -0.3 is 14.2 Å². The molecule has 0 amide bonds. The molecule has 2 aromatic rings. The molecule has 1 aliphatic heterocycles. The average Bonchev–Trinajstić information content (AvgIpc) is 2.59. The topological polar surface area (TPSA) is 44.8 Å². The molecule has 0 aliphatic carbocycles. The summed E-state index contributed by atoms with van der Waals surface area (Å²) in [7, 11) is 0. The van der Waals surface area contributed by atoms with E-state index in [0.717, 1.165) is 5.56 Å². The molecular formula is C18H16O4. The van der Waals surface area contributed by atoms with Crippen LogP contribution in [0.2, 0.25) is 0 Å². The highest BCUT2D eigenvalue weighted by atomic mass is 16.6. The van der Waals surface area contributed by atoms with Gasteiger partial charge in [0.05, 0.1) is 0 Å². The number of carbonyl (C=O) groups excluding carboxylic acids is 1. The Hall–Kier alpha value is -2.75. The summed E-state index contributed by atoms with van der Waals surface area (Å²) in [6.45, 7) is 0.527. The van der Waals surface area contributed by atoms with Gasteiger partial charge in [0.2, 0.25) is 0 Å². The van der Waals surface area contributed by atoms with Crippen LogP contribution in [-0.2, 0) is 9.53 Å². The number of fused-ring (bicyclic) bond motifs is 1. The third-order valence-electron chi connectivity index (χ3n) is 3.19. The first-order valence-electron chi connectivity index (χ1n) is 7.09. The molecule has 4 nitrogen and oxygen atoms in total. The van der Waals surface area contributed by atoms with E-state index in [1.807, 2.05) is 54.6 Å². The molecule has 0 saturated carbocycles. The Bertz CT molecular complexity index is 664. The second-order valence-electron chi connectivity index (χ2n) is 4.87. The van der Waals surface area contributed by atoms with Crippen LogP contribution < -0.4 is 9.47 Å². The zero-order valence-corrected chi connectivity index (χ0v) is 12.0. The molecule has 112 valence electrons. The van der Waals surface area contributed by atoms with E-state index >= 15 is 0 Å². The Morgan fingerprint density at radius 1 is 1.09 bits per heavy atom. The first-order chi connectivity index (χ1) is 10.8.